The Balaban J connectivity index is 2.66. The van der Waals surface area contributed by atoms with E-state index in [1.165, 1.54) is 31.2 Å². The Kier molecular flexibility index (Phi) is 5.57. The van der Waals surface area contributed by atoms with Crippen LogP contribution < -0.4 is 4.31 Å². The molecule has 128 valence electrons. The molecule has 0 saturated heterocycles. The molecule has 1 N–H and O–H groups in total. The number of hydrogen-bond acceptors (Lipinski definition) is 3. The number of carbonyl (C=O) groups is 1. The summed E-state index contributed by atoms with van der Waals surface area (Å²) in [6, 6.07) is 9.46. The molecule has 24 heavy (non-hydrogen) atoms. The van der Waals surface area contributed by atoms with Gasteiger partial charge in [-0.1, -0.05) is 45.2 Å². The van der Waals surface area contributed by atoms with Gasteiger partial charge in [-0.05, 0) is 44.2 Å². The standard InChI is InChI=1S/C16H15BrClNO4S/c1-10-3-6-13(7-4-10)24(22,23)19(11(2)16(20)21)15-8-5-12(17)9-14(15)18/h3-9,11H,1-2H3,(H,20,21). The van der Waals surface area contributed by atoms with E-state index in [1.807, 2.05) is 6.92 Å². The molecule has 2 aromatic carbocycles. The molecule has 0 aromatic heterocycles. The van der Waals surface area contributed by atoms with Gasteiger partial charge in [0.2, 0.25) is 0 Å². The molecular formula is C16H15BrClNO4S. The van der Waals surface area contributed by atoms with Gasteiger partial charge in [0.15, 0.2) is 0 Å². The minimum Gasteiger partial charge on any atom is -0.480 e. The number of sulfonamides is 1. The van der Waals surface area contributed by atoms with E-state index in [1.54, 1.807) is 18.2 Å². The van der Waals surface area contributed by atoms with Crippen LogP contribution in [0.1, 0.15) is 12.5 Å². The number of halogens is 2. The lowest BCUT2D eigenvalue weighted by Crippen LogP contribution is -2.43. The number of nitrogens with zero attached hydrogens (tertiary/aromatic N) is 1. The molecule has 0 heterocycles. The first-order valence-electron chi connectivity index (χ1n) is 6.93. The topological polar surface area (TPSA) is 74.7 Å². The molecule has 0 amide bonds. The van der Waals surface area contributed by atoms with Gasteiger partial charge < -0.3 is 5.11 Å². The van der Waals surface area contributed by atoms with Crippen LogP contribution in [0.25, 0.3) is 0 Å². The summed E-state index contributed by atoms with van der Waals surface area (Å²) in [5.74, 6) is -1.27. The molecule has 0 bridgehead atoms. The van der Waals surface area contributed by atoms with E-state index in [0.29, 0.717) is 4.47 Å². The Labute approximate surface area is 154 Å². The number of hydrogen-bond donors (Lipinski definition) is 1. The van der Waals surface area contributed by atoms with Gasteiger partial charge in [0.25, 0.3) is 10.0 Å². The molecule has 0 aliphatic heterocycles. The summed E-state index contributed by atoms with van der Waals surface area (Å²) in [6.45, 7) is 3.13. The summed E-state index contributed by atoms with van der Waals surface area (Å²) >= 11 is 9.41. The van der Waals surface area contributed by atoms with Crippen LogP contribution in [0.4, 0.5) is 5.69 Å². The first-order chi connectivity index (χ1) is 11.1. The molecule has 0 spiro atoms. The highest BCUT2D eigenvalue weighted by Gasteiger charge is 2.34. The number of benzene rings is 2. The van der Waals surface area contributed by atoms with Crippen LogP contribution in [0.3, 0.4) is 0 Å². The van der Waals surface area contributed by atoms with Crippen molar-refractivity contribution in [3.63, 3.8) is 0 Å². The average molecular weight is 433 g/mol. The second-order valence-corrected chi connectivity index (χ2v) is 8.36. The Hall–Kier alpha value is -1.57. The van der Waals surface area contributed by atoms with Gasteiger partial charge in [-0.25, -0.2) is 13.2 Å². The Morgan fingerprint density at radius 3 is 2.29 bits per heavy atom. The molecule has 2 aromatic rings. The predicted molar refractivity (Wildman–Crippen MR) is 97.1 cm³/mol. The first-order valence-corrected chi connectivity index (χ1v) is 9.54. The fourth-order valence-corrected chi connectivity index (χ4v) is 4.58. The maximum atomic E-state index is 13.0. The van der Waals surface area contributed by atoms with E-state index >= 15 is 0 Å². The average Bonchev–Trinajstić information content (AvgIpc) is 2.49. The van der Waals surface area contributed by atoms with Crippen LogP contribution >= 0.6 is 27.5 Å². The van der Waals surface area contributed by atoms with Crippen molar-refractivity contribution in [2.45, 2.75) is 24.8 Å². The number of carboxylic acids is 1. The van der Waals surface area contributed by atoms with E-state index in [-0.39, 0.29) is 15.6 Å². The molecule has 2 rings (SSSR count). The number of carboxylic acid groups (broad SMARTS) is 1. The van der Waals surface area contributed by atoms with Crippen LogP contribution in [-0.4, -0.2) is 25.5 Å². The van der Waals surface area contributed by atoms with Gasteiger partial charge in [-0.3, -0.25) is 4.31 Å². The molecule has 5 nitrogen and oxygen atoms in total. The SMILES string of the molecule is Cc1ccc(S(=O)(=O)N(c2ccc(Br)cc2Cl)C(C)C(=O)O)cc1. The monoisotopic (exact) mass is 431 g/mol. The second-order valence-electron chi connectivity index (χ2n) is 5.22. The van der Waals surface area contributed by atoms with Crippen molar-refractivity contribution in [2.24, 2.45) is 0 Å². The highest BCUT2D eigenvalue weighted by atomic mass is 79.9. The molecule has 0 aliphatic carbocycles. The zero-order valence-corrected chi connectivity index (χ0v) is 16.1. The van der Waals surface area contributed by atoms with E-state index in [4.69, 9.17) is 11.6 Å². The summed E-state index contributed by atoms with van der Waals surface area (Å²) in [7, 11) is -4.10. The molecule has 0 fully saturated rings. The van der Waals surface area contributed by atoms with Crippen molar-refractivity contribution >= 4 is 49.2 Å². The molecule has 1 atom stereocenters. The number of aliphatic carboxylic acids is 1. The smallest absolute Gasteiger partial charge is 0.327 e. The van der Waals surface area contributed by atoms with Crippen LogP contribution in [0.2, 0.25) is 5.02 Å². The van der Waals surface area contributed by atoms with Gasteiger partial charge in [0.1, 0.15) is 6.04 Å². The minimum absolute atomic E-state index is 0.000172. The van der Waals surface area contributed by atoms with Gasteiger partial charge in [-0.2, -0.15) is 0 Å². The summed E-state index contributed by atoms with van der Waals surface area (Å²) < 4.78 is 27.5. The summed E-state index contributed by atoms with van der Waals surface area (Å²) in [6.07, 6.45) is 0. The van der Waals surface area contributed by atoms with Crippen LogP contribution in [0.5, 0.6) is 0 Å². The predicted octanol–water partition coefficient (Wildman–Crippen LogP) is 4.08. The quantitative estimate of drug-likeness (QED) is 0.772. The zero-order valence-electron chi connectivity index (χ0n) is 12.9. The number of anilines is 1. The van der Waals surface area contributed by atoms with Crippen molar-refractivity contribution in [1.82, 2.24) is 0 Å². The fraction of sp³-hybridized carbons (Fsp3) is 0.188. The summed E-state index contributed by atoms with van der Waals surface area (Å²) in [5, 5.41) is 9.49. The molecule has 0 radical (unpaired) electrons. The zero-order chi connectivity index (χ0) is 18.1. The van der Waals surface area contributed by atoms with E-state index in [9.17, 15) is 18.3 Å². The first kappa shape index (κ1) is 18.8. The maximum absolute atomic E-state index is 13.0. The van der Waals surface area contributed by atoms with Crippen molar-refractivity contribution in [1.29, 1.82) is 0 Å². The van der Waals surface area contributed by atoms with Crippen LogP contribution in [0.15, 0.2) is 51.8 Å². The molecule has 1 unspecified atom stereocenters. The molecular weight excluding hydrogens is 418 g/mol. The van der Waals surface area contributed by atoms with Gasteiger partial charge in [-0.15, -0.1) is 0 Å². The van der Waals surface area contributed by atoms with Gasteiger partial charge in [0.05, 0.1) is 15.6 Å². The van der Waals surface area contributed by atoms with Gasteiger partial charge >= 0.3 is 5.97 Å². The van der Waals surface area contributed by atoms with Crippen molar-refractivity contribution in [3.8, 4) is 0 Å². The normalized spacial score (nSPS) is 12.7. The Morgan fingerprint density at radius 2 is 1.79 bits per heavy atom. The van der Waals surface area contributed by atoms with Crippen LogP contribution in [-0.2, 0) is 14.8 Å². The second kappa shape index (κ2) is 7.13. The summed E-state index contributed by atoms with van der Waals surface area (Å²) in [5.41, 5.74) is 1.00. The lowest BCUT2D eigenvalue weighted by molar-refractivity contribution is -0.137. The van der Waals surface area contributed by atoms with E-state index in [2.05, 4.69) is 15.9 Å². The lowest BCUT2D eigenvalue weighted by atomic mass is 10.2. The lowest BCUT2D eigenvalue weighted by Gasteiger charge is -2.28. The third kappa shape index (κ3) is 3.74. The fourth-order valence-electron chi connectivity index (χ4n) is 2.13. The third-order valence-electron chi connectivity index (χ3n) is 3.43. The largest absolute Gasteiger partial charge is 0.480 e. The molecule has 0 saturated carbocycles. The van der Waals surface area contributed by atoms with E-state index in [0.717, 1.165) is 9.87 Å². The van der Waals surface area contributed by atoms with Gasteiger partial charge in [0, 0.05) is 4.47 Å². The van der Waals surface area contributed by atoms with Crippen molar-refractivity contribution in [3.05, 3.63) is 57.5 Å². The van der Waals surface area contributed by atoms with E-state index < -0.39 is 22.0 Å². The number of rotatable bonds is 5. The summed E-state index contributed by atoms with van der Waals surface area (Å²) in [4.78, 5) is 11.5. The molecule has 0 aliphatic rings. The Bertz CT molecular complexity index is 868. The van der Waals surface area contributed by atoms with Crippen LogP contribution in [0, 0.1) is 6.92 Å². The van der Waals surface area contributed by atoms with Crippen molar-refractivity contribution in [2.75, 3.05) is 4.31 Å². The highest BCUT2D eigenvalue weighted by Crippen LogP contribution is 2.34. The minimum atomic E-state index is -4.10. The van der Waals surface area contributed by atoms with Crippen molar-refractivity contribution < 1.29 is 18.3 Å². The highest BCUT2D eigenvalue weighted by molar-refractivity contribution is 9.10. The molecule has 8 heteroatoms. The Morgan fingerprint density at radius 1 is 1.21 bits per heavy atom. The third-order valence-corrected chi connectivity index (χ3v) is 6.13. The number of aryl methyl sites for hydroxylation is 1. The maximum Gasteiger partial charge on any atom is 0.327 e.